The third-order valence-corrected chi connectivity index (χ3v) is 4.03. The summed E-state index contributed by atoms with van der Waals surface area (Å²) in [6, 6.07) is 12.7. The first-order valence-corrected chi connectivity index (χ1v) is 9.16. The lowest BCUT2D eigenvalue weighted by molar-refractivity contribution is -0.140. The predicted molar refractivity (Wildman–Crippen MR) is 109 cm³/mol. The van der Waals surface area contributed by atoms with Gasteiger partial charge in [0.25, 0.3) is 11.8 Å². The molecule has 2 aromatic rings. The number of aryl methyl sites for hydroxylation is 1. The lowest BCUT2D eigenvalue weighted by Gasteiger charge is -2.14. The van der Waals surface area contributed by atoms with Crippen molar-refractivity contribution in [3.8, 4) is 5.75 Å². The Morgan fingerprint density at radius 3 is 2.24 bits per heavy atom. The number of carbonyl (C=O) groups is 3. The highest BCUT2D eigenvalue weighted by Gasteiger charge is 2.19. The number of hydrogen-bond acceptors (Lipinski definition) is 4. The van der Waals surface area contributed by atoms with Crippen molar-refractivity contribution >= 4 is 23.9 Å². The summed E-state index contributed by atoms with van der Waals surface area (Å²) in [5.74, 6) is -1.67. The highest BCUT2D eigenvalue weighted by molar-refractivity contribution is 6.06. The van der Waals surface area contributed by atoms with E-state index < -0.39 is 23.8 Å². The van der Waals surface area contributed by atoms with E-state index in [4.69, 9.17) is 9.84 Å². The summed E-state index contributed by atoms with van der Waals surface area (Å²) in [5.41, 5.74) is 1.96. The van der Waals surface area contributed by atoms with Crippen LogP contribution in [0.2, 0.25) is 0 Å². The van der Waals surface area contributed by atoms with E-state index in [1.54, 1.807) is 48.5 Å². The fraction of sp³-hybridized carbons (Fsp3) is 0.227. The maximum absolute atomic E-state index is 12.6. The van der Waals surface area contributed by atoms with Crippen molar-refractivity contribution < 1.29 is 24.2 Å². The molecule has 0 saturated carbocycles. The zero-order chi connectivity index (χ0) is 21.4. The van der Waals surface area contributed by atoms with E-state index in [-0.39, 0.29) is 5.70 Å². The molecule has 1 atom stereocenters. The number of amides is 2. The number of aliphatic carboxylic acids is 1. The molecule has 1 unspecified atom stereocenters. The van der Waals surface area contributed by atoms with Crippen LogP contribution in [0.25, 0.3) is 6.08 Å². The average molecular weight is 396 g/mol. The summed E-state index contributed by atoms with van der Waals surface area (Å²) in [4.78, 5) is 36.2. The van der Waals surface area contributed by atoms with E-state index in [9.17, 15) is 14.4 Å². The van der Waals surface area contributed by atoms with Crippen LogP contribution in [0, 0.1) is 6.92 Å². The van der Waals surface area contributed by atoms with E-state index in [0.717, 1.165) is 5.56 Å². The second kappa shape index (κ2) is 10.1. The Morgan fingerprint density at radius 1 is 1.07 bits per heavy atom. The largest absolute Gasteiger partial charge is 0.494 e. The van der Waals surface area contributed by atoms with Gasteiger partial charge >= 0.3 is 5.97 Å². The molecule has 0 fully saturated rings. The minimum absolute atomic E-state index is 0.0622. The second-order valence-electron chi connectivity index (χ2n) is 6.41. The fourth-order valence-electron chi connectivity index (χ4n) is 2.39. The quantitative estimate of drug-likeness (QED) is 0.595. The number of ether oxygens (including phenoxy) is 1. The van der Waals surface area contributed by atoms with Gasteiger partial charge in [0.15, 0.2) is 0 Å². The van der Waals surface area contributed by atoms with Gasteiger partial charge in [0.05, 0.1) is 6.61 Å². The van der Waals surface area contributed by atoms with Crippen LogP contribution in [0.4, 0.5) is 0 Å². The smallest absolute Gasteiger partial charge is 0.325 e. The maximum atomic E-state index is 12.6. The van der Waals surface area contributed by atoms with Gasteiger partial charge in [-0.25, -0.2) is 0 Å². The van der Waals surface area contributed by atoms with Crippen molar-refractivity contribution in [3.63, 3.8) is 0 Å². The van der Waals surface area contributed by atoms with Gasteiger partial charge in [-0.3, -0.25) is 14.4 Å². The molecule has 2 rings (SSSR count). The third-order valence-electron chi connectivity index (χ3n) is 4.03. The number of nitrogens with one attached hydrogen (secondary N) is 2. The minimum Gasteiger partial charge on any atom is -0.494 e. The molecule has 0 heterocycles. The molecule has 7 nitrogen and oxygen atoms in total. The number of carboxylic acids is 1. The van der Waals surface area contributed by atoms with Gasteiger partial charge in [0, 0.05) is 5.56 Å². The van der Waals surface area contributed by atoms with Crippen LogP contribution in [0.5, 0.6) is 5.75 Å². The Kier molecular flexibility index (Phi) is 7.54. The molecule has 0 saturated heterocycles. The Balaban J connectivity index is 2.28. The van der Waals surface area contributed by atoms with Crippen molar-refractivity contribution in [2.75, 3.05) is 6.61 Å². The second-order valence-corrected chi connectivity index (χ2v) is 6.41. The summed E-state index contributed by atoms with van der Waals surface area (Å²) >= 11 is 0. The van der Waals surface area contributed by atoms with Crippen molar-refractivity contribution in [2.24, 2.45) is 0 Å². The molecule has 0 aliphatic carbocycles. The van der Waals surface area contributed by atoms with Crippen molar-refractivity contribution in [1.82, 2.24) is 10.6 Å². The third kappa shape index (κ3) is 6.49. The molecular formula is C22H24N2O5. The van der Waals surface area contributed by atoms with E-state index in [1.165, 1.54) is 13.0 Å². The highest BCUT2D eigenvalue weighted by Crippen LogP contribution is 2.15. The summed E-state index contributed by atoms with van der Waals surface area (Å²) in [7, 11) is 0. The van der Waals surface area contributed by atoms with Gasteiger partial charge in [0.2, 0.25) is 0 Å². The molecule has 3 N–H and O–H groups in total. The molecule has 0 aromatic heterocycles. The first-order chi connectivity index (χ1) is 13.8. The van der Waals surface area contributed by atoms with E-state index in [1.807, 2.05) is 13.8 Å². The average Bonchev–Trinajstić information content (AvgIpc) is 2.69. The normalized spacial score (nSPS) is 12.0. The molecule has 0 aliphatic heterocycles. The Morgan fingerprint density at radius 2 is 1.69 bits per heavy atom. The molecular weight excluding hydrogens is 372 g/mol. The Hall–Kier alpha value is -3.61. The molecule has 2 amide bonds. The van der Waals surface area contributed by atoms with E-state index in [0.29, 0.717) is 23.5 Å². The summed E-state index contributed by atoms with van der Waals surface area (Å²) < 4.78 is 5.39. The minimum atomic E-state index is -1.18. The van der Waals surface area contributed by atoms with Crippen LogP contribution in [-0.2, 0) is 9.59 Å². The fourth-order valence-corrected chi connectivity index (χ4v) is 2.39. The highest BCUT2D eigenvalue weighted by atomic mass is 16.5. The number of hydrogen-bond donors (Lipinski definition) is 3. The Labute approximate surface area is 169 Å². The van der Waals surface area contributed by atoms with Crippen LogP contribution in [0.3, 0.4) is 0 Å². The SMILES string of the molecule is CCOc1ccc(/C=C(/NC(=O)c2ccc(C)cc2)C(=O)NC(C)C(=O)O)cc1. The molecule has 0 spiro atoms. The summed E-state index contributed by atoms with van der Waals surface area (Å²) in [5, 5.41) is 14.0. The summed E-state index contributed by atoms with van der Waals surface area (Å²) in [6.45, 7) is 5.65. The zero-order valence-corrected chi connectivity index (χ0v) is 16.6. The van der Waals surface area contributed by atoms with Gasteiger partial charge in [-0.2, -0.15) is 0 Å². The zero-order valence-electron chi connectivity index (χ0n) is 16.6. The van der Waals surface area contributed by atoms with Gasteiger partial charge in [-0.1, -0.05) is 29.8 Å². The lowest BCUT2D eigenvalue weighted by atomic mass is 10.1. The van der Waals surface area contributed by atoms with Gasteiger partial charge in [0.1, 0.15) is 17.5 Å². The van der Waals surface area contributed by atoms with Gasteiger partial charge < -0.3 is 20.5 Å². The maximum Gasteiger partial charge on any atom is 0.325 e. The van der Waals surface area contributed by atoms with Crippen molar-refractivity contribution in [1.29, 1.82) is 0 Å². The number of carboxylic acid groups (broad SMARTS) is 1. The summed E-state index contributed by atoms with van der Waals surface area (Å²) in [6.07, 6.45) is 1.48. The molecule has 29 heavy (non-hydrogen) atoms. The molecule has 0 bridgehead atoms. The standard InChI is InChI=1S/C22H24N2O5/c1-4-29-18-11-7-16(8-12-18)13-19(21(26)23-15(3)22(27)28)24-20(25)17-9-5-14(2)6-10-17/h5-13,15H,4H2,1-3H3,(H,23,26)(H,24,25)(H,27,28)/b19-13+. The van der Waals surface area contributed by atoms with Crippen LogP contribution in [0.15, 0.2) is 54.2 Å². The van der Waals surface area contributed by atoms with Crippen LogP contribution in [0.1, 0.15) is 35.3 Å². The van der Waals surface area contributed by atoms with E-state index in [2.05, 4.69) is 10.6 Å². The first kappa shape index (κ1) is 21.7. The first-order valence-electron chi connectivity index (χ1n) is 9.16. The molecule has 7 heteroatoms. The molecule has 0 radical (unpaired) electrons. The number of benzene rings is 2. The van der Waals surface area contributed by atoms with Crippen LogP contribution in [-0.4, -0.2) is 35.5 Å². The Bertz CT molecular complexity index is 902. The van der Waals surface area contributed by atoms with Crippen molar-refractivity contribution in [3.05, 3.63) is 70.9 Å². The van der Waals surface area contributed by atoms with Crippen LogP contribution >= 0.6 is 0 Å². The van der Waals surface area contributed by atoms with Gasteiger partial charge in [-0.15, -0.1) is 0 Å². The van der Waals surface area contributed by atoms with Gasteiger partial charge in [-0.05, 0) is 56.7 Å². The van der Waals surface area contributed by atoms with E-state index >= 15 is 0 Å². The predicted octanol–water partition coefficient (Wildman–Crippen LogP) is 2.75. The lowest BCUT2D eigenvalue weighted by Crippen LogP contribution is -2.42. The molecule has 0 aliphatic rings. The van der Waals surface area contributed by atoms with Crippen LogP contribution < -0.4 is 15.4 Å². The molecule has 2 aromatic carbocycles. The number of rotatable bonds is 8. The topological polar surface area (TPSA) is 105 Å². The number of carbonyl (C=O) groups excluding carboxylic acids is 2. The van der Waals surface area contributed by atoms with Crippen molar-refractivity contribution in [2.45, 2.75) is 26.8 Å². The monoisotopic (exact) mass is 396 g/mol. The molecule has 152 valence electrons.